The van der Waals surface area contributed by atoms with Crippen LogP contribution >= 0.6 is 11.6 Å². The molecule has 2 aliphatic heterocycles. The first-order valence-electron chi connectivity index (χ1n) is 7.51. The number of rotatable bonds is 3. The van der Waals surface area contributed by atoms with Crippen molar-refractivity contribution in [2.45, 2.75) is 37.2 Å². The first-order valence-corrected chi connectivity index (χ1v) is 9.33. The maximum absolute atomic E-state index is 12.8. The van der Waals surface area contributed by atoms with Crippen LogP contribution in [-0.2, 0) is 21.2 Å². The van der Waals surface area contributed by atoms with E-state index < -0.39 is 21.9 Å². The monoisotopic (exact) mass is 359 g/mol. The number of halogens is 1. The molecule has 0 amide bonds. The third kappa shape index (κ3) is 3.05. The summed E-state index contributed by atoms with van der Waals surface area (Å²) in [6.45, 7) is 2.22. The van der Waals surface area contributed by atoms with Crippen molar-refractivity contribution in [2.24, 2.45) is 5.92 Å². The van der Waals surface area contributed by atoms with Gasteiger partial charge in [0, 0.05) is 25.1 Å². The Hall–Kier alpha value is -1.31. The van der Waals surface area contributed by atoms with Crippen molar-refractivity contribution in [1.29, 1.82) is 0 Å². The molecular weight excluding hydrogens is 342 g/mol. The molecular formula is C15H18ClNO5S. The number of aliphatic carboxylic acids is 1. The summed E-state index contributed by atoms with van der Waals surface area (Å²) in [7, 11) is -3.76. The third-order valence-corrected chi connectivity index (χ3v) is 6.42. The van der Waals surface area contributed by atoms with Crippen LogP contribution in [0.25, 0.3) is 0 Å². The lowest BCUT2D eigenvalue weighted by atomic mass is 10.0. The number of hydrogen-bond donors (Lipinski definition) is 1. The fourth-order valence-electron chi connectivity index (χ4n) is 3.12. The predicted molar refractivity (Wildman–Crippen MR) is 84.4 cm³/mol. The van der Waals surface area contributed by atoms with Crippen molar-refractivity contribution in [1.82, 2.24) is 4.31 Å². The maximum Gasteiger partial charge on any atom is 0.307 e. The van der Waals surface area contributed by atoms with Crippen molar-refractivity contribution in [3.63, 3.8) is 0 Å². The van der Waals surface area contributed by atoms with Crippen molar-refractivity contribution in [3.05, 3.63) is 22.7 Å². The molecule has 2 heterocycles. The number of fused-ring (bicyclic) bond motifs is 1. The number of carbonyl (C=O) groups is 1. The Bertz CT molecular complexity index is 748. The van der Waals surface area contributed by atoms with E-state index in [0.717, 1.165) is 5.56 Å². The number of carboxylic acid groups (broad SMARTS) is 1. The van der Waals surface area contributed by atoms with Gasteiger partial charge in [-0.25, -0.2) is 8.42 Å². The molecule has 0 aliphatic carbocycles. The number of piperidine rings is 1. The van der Waals surface area contributed by atoms with E-state index >= 15 is 0 Å². The lowest BCUT2D eigenvalue weighted by Gasteiger charge is -2.30. The normalized spacial score (nSPS) is 25.0. The molecule has 0 radical (unpaired) electrons. The highest BCUT2D eigenvalue weighted by atomic mass is 35.5. The zero-order chi connectivity index (χ0) is 16.8. The van der Waals surface area contributed by atoms with E-state index in [4.69, 9.17) is 21.4 Å². The van der Waals surface area contributed by atoms with E-state index in [-0.39, 0.29) is 22.6 Å². The van der Waals surface area contributed by atoms with Gasteiger partial charge in [0.05, 0.1) is 15.8 Å². The SMILES string of the molecule is CC1Cc2cc(S(=O)(=O)N3CCCC(C(=O)O)C3)cc(Cl)c2O1. The summed E-state index contributed by atoms with van der Waals surface area (Å²) in [4.78, 5) is 11.2. The number of hydrogen-bond acceptors (Lipinski definition) is 4. The molecule has 1 aromatic rings. The molecule has 2 atom stereocenters. The Morgan fingerprint density at radius 3 is 2.87 bits per heavy atom. The minimum atomic E-state index is -3.76. The number of nitrogens with zero attached hydrogens (tertiary/aromatic N) is 1. The Kier molecular flexibility index (Phi) is 4.29. The molecule has 0 bridgehead atoms. The van der Waals surface area contributed by atoms with Crippen molar-refractivity contribution < 1.29 is 23.1 Å². The standard InChI is InChI=1S/C15H18ClNO5S/c1-9-5-11-6-12(7-13(16)14(11)22-9)23(20,21)17-4-2-3-10(8-17)15(18)19/h6-7,9-10H,2-5,8H2,1H3,(H,18,19). The zero-order valence-corrected chi connectivity index (χ0v) is 14.2. The molecule has 0 saturated carbocycles. The molecule has 1 fully saturated rings. The second-order valence-electron chi connectivity index (χ2n) is 6.07. The van der Waals surface area contributed by atoms with Crippen LogP contribution < -0.4 is 4.74 Å². The first kappa shape index (κ1) is 16.5. The average molecular weight is 360 g/mol. The highest BCUT2D eigenvalue weighted by Crippen LogP contribution is 2.39. The van der Waals surface area contributed by atoms with Crippen LogP contribution in [0.15, 0.2) is 17.0 Å². The van der Waals surface area contributed by atoms with Crippen molar-refractivity contribution >= 4 is 27.6 Å². The van der Waals surface area contributed by atoms with Gasteiger partial charge in [0.1, 0.15) is 11.9 Å². The Morgan fingerprint density at radius 1 is 1.43 bits per heavy atom. The summed E-state index contributed by atoms with van der Waals surface area (Å²) in [6.07, 6.45) is 1.61. The van der Waals surface area contributed by atoms with E-state index in [1.807, 2.05) is 6.92 Å². The van der Waals surface area contributed by atoms with Gasteiger partial charge in [-0.15, -0.1) is 0 Å². The Balaban J connectivity index is 1.93. The molecule has 0 aromatic heterocycles. The fraction of sp³-hybridized carbons (Fsp3) is 0.533. The lowest BCUT2D eigenvalue weighted by molar-refractivity contribution is -0.142. The lowest BCUT2D eigenvalue weighted by Crippen LogP contribution is -2.42. The largest absolute Gasteiger partial charge is 0.489 e. The summed E-state index contributed by atoms with van der Waals surface area (Å²) in [5, 5.41) is 9.41. The zero-order valence-electron chi connectivity index (χ0n) is 12.7. The van der Waals surface area contributed by atoms with E-state index in [1.54, 1.807) is 6.07 Å². The van der Waals surface area contributed by atoms with Crippen LogP contribution in [0.2, 0.25) is 5.02 Å². The van der Waals surface area contributed by atoms with Gasteiger partial charge in [0.2, 0.25) is 10.0 Å². The van der Waals surface area contributed by atoms with Crippen LogP contribution in [0, 0.1) is 5.92 Å². The van der Waals surface area contributed by atoms with Crippen LogP contribution in [0.1, 0.15) is 25.3 Å². The number of benzene rings is 1. The summed E-state index contributed by atoms with van der Waals surface area (Å²) in [5.74, 6) is -1.08. The number of ether oxygens (including phenoxy) is 1. The maximum atomic E-state index is 12.8. The smallest absolute Gasteiger partial charge is 0.307 e. The summed E-state index contributed by atoms with van der Waals surface area (Å²) in [6, 6.07) is 2.97. The van der Waals surface area contributed by atoms with Crippen molar-refractivity contribution in [3.8, 4) is 5.75 Å². The molecule has 0 spiro atoms. The van der Waals surface area contributed by atoms with Crippen LogP contribution in [0.3, 0.4) is 0 Å². The van der Waals surface area contributed by atoms with Gasteiger partial charge in [-0.05, 0) is 31.9 Å². The van der Waals surface area contributed by atoms with Crippen LogP contribution in [0.5, 0.6) is 5.75 Å². The Morgan fingerprint density at radius 2 is 2.17 bits per heavy atom. The number of sulfonamides is 1. The molecule has 3 rings (SSSR count). The van der Waals surface area contributed by atoms with Gasteiger partial charge >= 0.3 is 5.97 Å². The molecule has 23 heavy (non-hydrogen) atoms. The summed E-state index contributed by atoms with van der Waals surface area (Å²) >= 11 is 6.16. The van der Waals surface area contributed by atoms with Crippen molar-refractivity contribution in [2.75, 3.05) is 13.1 Å². The second-order valence-corrected chi connectivity index (χ2v) is 8.41. The second kappa shape index (κ2) is 5.96. The molecule has 1 saturated heterocycles. The van der Waals surface area contributed by atoms with E-state index in [9.17, 15) is 13.2 Å². The van der Waals surface area contributed by atoms with Gasteiger partial charge in [-0.2, -0.15) is 4.31 Å². The Labute approximate surface area is 140 Å². The molecule has 2 unspecified atom stereocenters. The molecule has 126 valence electrons. The van der Waals surface area contributed by atoms with Gasteiger partial charge < -0.3 is 9.84 Å². The van der Waals surface area contributed by atoms with E-state index in [2.05, 4.69) is 0 Å². The summed E-state index contributed by atoms with van der Waals surface area (Å²) in [5.41, 5.74) is 0.773. The van der Waals surface area contributed by atoms with Crippen LogP contribution in [-0.4, -0.2) is 43.0 Å². The minimum Gasteiger partial charge on any atom is -0.489 e. The quantitative estimate of drug-likeness (QED) is 0.893. The van der Waals surface area contributed by atoms with Gasteiger partial charge in [0.25, 0.3) is 0 Å². The fourth-order valence-corrected chi connectivity index (χ4v) is 5.07. The van der Waals surface area contributed by atoms with E-state index in [0.29, 0.717) is 31.6 Å². The van der Waals surface area contributed by atoms with Gasteiger partial charge in [0.15, 0.2) is 0 Å². The van der Waals surface area contributed by atoms with Gasteiger partial charge in [-0.3, -0.25) is 4.79 Å². The molecule has 1 aromatic carbocycles. The molecule has 8 heteroatoms. The highest BCUT2D eigenvalue weighted by molar-refractivity contribution is 7.89. The van der Waals surface area contributed by atoms with E-state index in [1.165, 1.54) is 10.4 Å². The third-order valence-electron chi connectivity index (χ3n) is 4.29. The first-order chi connectivity index (χ1) is 10.8. The van der Waals surface area contributed by atoms with Crippen LogP contribution in [0.4, 0.5) is 0 Å². The highest BCUT2D eigenvalue weighted by Gasteiger charge is 2.34. The topological polar surface area (TPSA) is 83.9 Å². The average Bonchev–Trinajstić information content (AvgIpc) is 2.88. The minimum absolute atomic E-state index is 0.000721. The summed E-state index contributed by atoms with van der Waals surface area (Å²) < 4.78 is 32.5. The molecule has 1 N–H and O–H groups in total. The van der Waals surface area contributed by atoms with Gasteiger partial charge in [-0.1, -0.05) is 11.6 Å². The molecule has 2 aliphatic rings. The number of carboxylic acids is 1. The predicted octanol–water partition coefficient (Wildman–Crippen LogP) is 2.15. The molecule has 6 nitrogen and oxygen atoms in total.